The van der Waals surface area contributed by atoms with Crippen molar-refractivity contribution in [2.24, 2.45) is 0 Å². The molecular weight excluding hydrogens is 452 g/mol. The molecule has 0 radical (unpaired) electrons. The molecule has 0 atom stereocenters. The molecule has 0 bridgehead atoms. The number of hydrogen-bond acceptors (Lipinski definition) is 6. The van der Waals surface area contributed by atoms with Gasteiger partial charge >= 0.3 is 0 Å². The summed E-state index contributed by atoms with van der Waals surface area (Å²) in [5.74, 6) is 1.42. The Hall–Kier alpha value is -2.81. The Morgan fingerprint density at radius 3 is 2.71 bits per heavy atom. The largest absolute Gasteiger partial charge is 0.495 e. The lowest BCUT2D eigenvalue weighted by molar-refractivity contribution is -0.113. The van der Waals surface area contributed by atoms with E-state index in [1.54, 1.807) is 36.6 Å². The van der Waals surface area contributed by atoms with Gasteiger partial charge in [-0.2, -0.15) is 0 Å². The highest BCUT2D eigenvalue weighted by Gasteiger charge is 2.17. The second-order valence-corrected chi connectivity index (χ2v) is 8.89. The van der Waals surface area contributed by atoms with Gasteiger partial charge < -0.3 is 10.1 Å². The Morgan fingerprint density at radius 1 is 1.16 bits per heavy atom. The van der Waals surface area contributed by atoms with Crippen LogP contribution in [-0.4, -0.2) is 33.5 Å². The Bertz CT molecular complexity index is 1160. The summed E-state index contributed by atoms with van der Waals surface area (Å²) >= 11 is 9.15. The molecule has 0 aliphatic carbocycles. The third-order valence-electron chi connectivity index (χ3n) is 4.40. The molecule has 4 aromatic rings. The first kappa shape index (κ1) is 21.4. The zero-order chi connectivity index (χ0) is 21.6. The lowest BCUT2D eigenvalue weighted by Crippen LogP contribution is -2.14. The van der Waals surface area contributed by atoms with Crippen LogP contribution in [0.2, 0.25) is 5.02 Å². The van der Waals surface area contributed by atoms with Gasteiger partial charge in [-0.3, -0.25) is 9.36 Å². The van der Waals surface area contributed by atoms with Gasteiger partial charge in [-0.25, -0.2) is 0 Å². The number of thioether (sulfide) groups is 1. The number of ether oxygens (including phenoxy) is 1. The fourth-order valence-corrected chi connectivity index (χ4v) is 4.71. The first-order valence-corrected chi connectivity index (χ1v) is 11.7. The van der Waals surface area contributed by atoms with Crippen LogP contribution in [0.3, 0.4) is 0 Å². The zero-order valence-corrected chi connectivity index (χ0v) is 19.0. The van der Waals surface area contributed by atoms with Crippen molar-refractivity contribution in [1.82, 2.24) is 14.8 Å². The molecule has 6 nitrogen and oxygen atoms in total. The Labute approximate surface area is 193 Å². The van der Waals surface area contributed by atoms with Crippen LogP contribution in [0, 0.1) is 0 Å². The number of anilines is 1. The SMILES string of the molecule is COc1ccc(NC(=O)CSc2nnc(Cc3cccs3)n2-c2ccccc2)cc1Cl. The molecule has 0 aliphatic heterocycles. The van der Waals surface area contributed by atoms with Gasteiger partial charge in [0.1, 0.15) is 11.6 Å². The number of thiophene rings is 1. The van der Waals surface area contributed by atoms with E-state index in [0.717, 1.165) is 11.5 Å². The number of amides is 1. The maximum Gasteiger partial charge on any atom is 0.234 e. The smallest absolute Gasteiger partial charge is 0.234 e. The third kappa shape index (κ3) is 5.28. The van der Waals surface area contributed by atoms with Crippen LogP contribution < -0.4 is 10.1 Å². The molecule has 2 heterocycles. The molecule has 0 spiro atoms. The topological polar surface area (TPSA) is 69.0 Å². The number of hydrogen-bond donors (Lipinski definition) is 1. The minimum atomic E-state index is -0.159. The second kappa shape index (κ2) is 10.00. The second-order valence-electron chi connectivity index (χ2n) is 6.51. The van der Waals surface area contributed by atoms with E-state index in [1.807, 2.05) is 46.3 Å². The fourth-order valence-electron chi connectivity index (χ4n) is 2.98. The van der Waals surface area contributed by atoms with Gasteiger partial charge in [-0.15, -0.1) is 21.5 Å². The van der Waals surface area contributed by atoms with Crippen molar-refractivity contribution >= 4 is 46.3 Å². The van der Waals surface area contributed by atoms with Crippen molar-refractivity contribution in [3.05, 3.63) is 81.8 Å². The van der Waals surface area contributed by atoms with Gasteiger partial charge in [0.05, 0.1) is 17.9 Å². The first-order chi connectivity index (χ1) is 15.1. The fraction of sp³-hybridized carbons (Fsp3) is 0.136. The number of rotatable bonds is 8. The summed E-state index contributed by atoms with van der Waals surface area (Å²) in [5, 5.41) is 14.8. The number of aromatic nitrogens is 3. The van der Waals surface area contributed by atoms with Crippen LogP contribution in [-0.2, 0) is 11.2 Å². The highest BCUT2D eigenvalue weighted by molar-refractivity contribution is 7.99. The summed E-state index contributed by atoms with van der Waals surface area (Å²) in [6, 6.07) is 19.1. The predicted octanol–water partition coefficient (Wildman–Crippen LogP) is 5.31. The van der Waals surface area contributed by atoms with Crippen molar-refractivity contribution in [2.75, 3.05) is 18.2 Å². The Morgan fingerprint density at radius 2 is 2.00 bits per heavy atom. The summed E-state index contributed by atoms with van der Waals surface area (Å²) in [6.45, 7) is 0. The quantitative estimate of drug-likeness (QED) is 0.353. The number of methoxy groups -OCH3 is 1. The Balaban J connectivity index is 1.49. The average Bonchev–Trinajstić information content (AvgIpc) is 3.43. The van der Waals surface area contributed by atoms with Gasteiger partial charge in [0.25, 0.3) is 0 Å². The third-order valence-corrected chi connectivity index (χ3v) is 6.50. The van der Waals surface area contributed by atoms with Crippen molar-refractivity contribution in [3.63, 3.8) is 0 Å². The molecule has 0 fully saturated rings. The van der Waals surface area contributed by atoms with E-state index in [9.17, 15) is 4.79 Å². The average molecular weight is 471 g/mol. The molecule has 1 amide bonds. The molecule has 0 aliphatic rings. The first-order valence-electron chi connectivity index (χ1n) is 9.42. The van der Waals surface area contributed by atoms with Gasteiger partial charge in [0.2, 0.25) is 5.91 Å². The molecule has 4 rings (SSSR count). The predicted molar refractivity (Wildman–Crippen MR) is 126 cm³/mol. The molecule has 158 valence electrons. The zero-order valence-electron chi connectivity index (χ0n) is 16.6. The molecule has 31 heavy (non-hydrogen) atoms. The van der Waals surface area contributed by atoms with Crippen molar-refractivity contribution in [1.29, 1.82) is 0 Å². The standard InChI is InChI=1S/C22H19ClN4O2S2/c1-29-19-10-9-15(12-18(19)23)24-21(28)14-31-22-26-25-20(13-17-8-5-11-30-17)27(22)16-6-3-2-4-7-16/h2-12H,13-14H2,1H3,(H,24,28). The normalized spacial score (nSPS) is 10.8. The van der Waals surface area contributed by atoms with Crippen LogP contribution in [0.4, 0.5) is 5.69 Å². The summed E-state index contributed by atoms with van der Waals surface area (Å²) in [7, 11) is 1.55. The summed E-state index contributed by atoms with van der Waals surface area (Å²) in [4.78, 5) is 13.7. The van der Waals surface area contributed by atoms with Gasteiger partial charge in [-0.05, 0) is 41.8 Å². The molecular formula is C22H19ClN4O2S2. The van der Waals surface area contributed by atoms with Crippen LogP contribution in [0.15, 0.2) is 71.2 Å². The van der Waals surface area contributed by atoms with Crippen molar-refractivity contribution < 1.29 is 9.53 Å². The summed E-state index contributed by atoms with van der Waals surface area (Å²) in [5.41, 5.74) is 1.57. The van der Waals surface area contributed by atoms with Crippen LogP contribution >= 0.6 is 34.7 Å². The van der Waals surface area contributed by atoms with Crippen molar-refractivity contribution in [2.45, 2.75) is 11.6 Å². The highest BCUT2D eigenvalue weighted by atomic mass is 35.5. The van der Waals surface area contributed by atoms with Gasteiger partial charge in [0, 0.05) is 22.7 Å². The number of nitrogens with zero attached hydrogens (tertiary/aromatic N) is 3. The molecule has 0 saturated heterocycles. The maximum atomic E-state index is 12.5. The lowest BCUT2D eigenvalue weighted by Gasteiger charge is -2.10. The van der Waals surface area contributed by atoms with Crippen LogP contribution in [0.25, 0.3) is 5.69 Å². The van der Waals surface area contributed by atoms with Crippen LogP contribution in [0.1, 0.15) is 10.7 Å². The van der Waals surface area contributed by atoms with Crippen molar-refractivity contribution in [3.8, 4) is 11.4 Å². The highest BCUT2D eigenvalue weighted by Crippen LogP contribution is 2.28. The van der Waals surface area contributed by atoms with E-state index in [1.165, 1.54) is 16.6 Å². The van der Waals surface area contributed by atoms with E-state index in [-0.39, 0.29) is 11.7 Å². The summed E-state index contributed by atoms with van der Waals surface area (Å²) in [6.07, 6.45) is 0.677. The molecule has 0 unspecified atom stereocenters. The molecule has 1 N–H and O–H groups in total. The van der Waals surface area contributed by atoms with E-state index < -0.39 is 0 Å². The van der Waals surface area contributed by atoms with E-state index in [4.69, 9.17) is 16.3 Å². The van der Waals surface area contributed by atoms with E-state index in [2.05, 4.69) is 21.6 Å². The molecule has 9 heteroatoms. The molecule has 2 aromatic carbocycles. The van der Waals surface area contributed by atoms with Gasteiger partial charge in [0.15, 0.2) is 5.16 Å². The monoisotopic (exact) mass is 470 g/mol. The van der Waals surface area contributed by atoms with Gasteiger partial charge in [-0.1, -0.05) is 47.6 Å². The lowest BCUT2D eigenvalue weighted by atomic mass is 10.3. The summed E-state index contributed by atoms with van der Waals surface area (Å²) < 4.78 is 7.14. The van der Waals surface area contributed by atoms with E-state index >= 15 is 0 Å². The van der Waals surface area contributed by atoms with E-state index in [0.29, 0.717) is 28.0 Å². The number of para-hydroxylation sites is 1. The molecule has 2 aromatic heterocycles. The number of benzene rings is 2. The number of carbonyl (C=O) groups is 1. The number of carbonyl (C=O) groups excluding carboxylic acids is 1. The van der Waals surface area contributed by atoms with Crippen LogP contribution in [0.5, 0.6) is 5.75 Å². The number of halogens is 1. The number of nitrogens with one attached hydrogen (secondary N) is 1. The molecule has 0 saturated carbocycles. The minimum absolute atomic E-state index is 0.159. The Kier molecular flexibility index (Phi) is 6.91. The minimum Gasteiger partial charge on any atom is -0.495 e. The maximum absolute atomic E-state index is 12.5.